The summed E-state index contributed by atoms with van der Waals surface area (Å²) in [5.74, 6) is -0.168. The molecule has 7 heteroatoms. The molecule has 0 N–H and O–H groups in total. The molecule has 0 radical (unpaired) electrons. The van der Waals surface area contributed by atoms with Crippen molar-refractivity contribution >= 4 is 17.6 Å². The maximum absolute atomic E-state index is 13.2. The molecular weight excluding hydrogens is 440 g/mol. The van der Waals surface area contributed by atoms with Gasteiger partial charge < -0.3 is 14.5 Å². The zero-order valence-corrected chi connectivity index (χ0v) is 21.3. The minimum absolute atomic E-state index is 0.0595. The molecule has 4 rings (SSSR count). The van der Waals surface area contributed by atoms with E-state index in [-0.39, 0.29) is 11.9 Å². The average molecular weight is 475 g/mol. The summed E-state index contributed by atoms with van der Waals surface area (Å²) in [7, 11) is 1.40. The molecule has 2 aromatic carbocycles. The quantitative estimate of drug-likeness (QED) is 0.502. The number of ether oxygens (including phenoxy) is 1. The Labute approximate surface area is 207 Å². The lowest BCUT2D eigenvalue weighted by molar-refractivity contribution is -0.140. The molecule has 35 heavy (non-hydrogen) atoms. The van der Waals surface area contributed by atoms with Gasteiger partial charge in [0.05, 0.1) is 18.5 Å². The summed E-state index contributed by atoms with van der Waals surface area (Å²) in [6.45, 7) is 11.3. The summed E-state index contributed by atoms with van der Waals surface area (Å²) in [6.07, 6.45) is 0.920. The molecule has 1 aromatic heterocycles. The number of aromatic nitrogens is 2. The van der Waals surface area contributed by atoms with Crippen LogP contribution in [0.3, 0.4) is 0 Å². The van der Waals surface area contributed by atoms with Gasteiger partial charge in [-0.1, -0.05) is 12.1 Å². The van der Waals surface area contributed by atoms with Crippen LogP contribution in [0.2, 0.25) is 0 Å². The third-order valence-corrected chi connectivity index (χ3v) is 7.09. The first-order valence-corrected chi connectivity index (χ1v) is 12.1. The number of amides is 1. The van der Waals surface area contributed by atoms with E-state index in [0.717, 1.165) is 35.7 Å². The zero-order chi connectivity index (χ0) is 25.1. The highest BCUT2D eigenvalue weighted by molar-refractivity contribution is 5.94. The van der Waals surface area contributed by atoms with Gasteiger partial charge in [-0.15, -0.1) is 0 Å². The second-order valence-corrected chi connectivity index (χ2v) is 9.18. The molecule has 1 aliphatic heterocycles. The molecule has 3 aromatic rings. The van der Waals surface area contributed by atoms with Crippen LogP contribution < -0.4 is 4.90 Å². The van der Waals surface area contributed by atoms with E-state index in [1.54, 1.807) is 0 Å². The molecule has 0 aliphatic carbocycles. The van der Waals surface area contributed by atoms with Gasteiger partial charge in [0, 0.05) is 49.5 Å². The number of carbonyl (C=O) groups is 2. The van der Waals surface area contributed by atoms with E-state index in [4.69, 9.17) is 4.74 Å². The van der Waals surface area contributed by atoms with E-state index in [9.17, 15) is 9.59 Å². The number of piperazine rings is 1. The number of esters is 1. The predicted molar refractivity (Wildman–Crippen MR) is 137 cm³/mol. The van der Waals surface area contributed by atoms with Crippen molar-refractivity contribution < 1.29 is 14.3 Å². The van der Waals surface area contributed by atoms with Crippen LogP contribution in [-0.4, -0.2) is 59.8 Å². The third-order valence-electron chi connectivity index (χ3n) is 7.09. The smallest absolute Gasteiger partial charge is 0.305 e. The van der Waals surface area contributed by atoms with Gasteiger partial charge in [0.15, 0.2) is 0 Å². The number of rotatable bonds is 6. The minimum atomic E-state index is -0.228. The maximum Gasteiger partial charge on any atom is 0.305 e. The summed E-state index contributed by atoms with van der Waals surface area (Å²) in [4.78, 5) is 29.0. The largest absolute Gasteiger partial charge is 0.469 e. The number of anilines is 1. The van der Waals surface area contributed by atoms with E-state index in [1.165, 1.54) is 23.9 Å². The first kappa shape index (κ1) is 24.5. The predicted octanol–water partition coefficient (Wildman–Crippen LogP) is 4.17. The van der Waals surface area contributed by atoms with Gasteiger partial charge in [-0.3, -0.25) is 9.59 Å². The minimum Gasteiger partial charge on any atom is -0.469 e. The molecule has 7 nitrogen and oxygen atoms in total. The molecule has 1 aliphatic rings. The van der Waals surface area contributed by atoms with Gasteiger partial charge in [-0.25, -0.2) is 4.68 Å². The van der Waals surface area contributed by atoms with Gasteiger partial charge in [0.1, 0.15) is 0 Å². The highest BCUT2D eigenvalue weighted by Crippen LogP contribution is 2.25. The standard InChI is InChI=1S/C28H34N4O3/c1-19-7-6-8-26(20(19)2)30-15-17-31(18-16-30)28(34)23-9-11-24(12-10-23)32-22(4)25(21(3)29-32)13-14-27(33)35-5/h6-12H,13-18H2,1-5H3. The summed E-state index contributed by atoms with van der Waals surface area (Å²) >= 11 is 0. The van der Waals surface area contributed by atoms with Gasteiger partial charge in [-0.2, -0.15) is 5.10 Å². The number of nitrogens with zero attached hydrogens (tertiary/aromatic N) is 4. The van der Waals surface area contributed by atoms with Crippen LogP contribution in [0.4, 0.5) is 5.69 Å². The molecule has 2 heterocycles. The molecule has 0 saturated carbocycles. The van der Waals surface area contributed by atoms with Gasteiger partial charge in [0.2, 0.25) is 0 Å². The lowest BCUT2D eigenvalue weighted by atomic mass is 10.1. The van der Waals surface area contributed by atoms with E-state index in [1.807, 2.05) is 47.7 Å². The summed E-state index contributed by atoms with van der Waals surface area (Å²) in [6, 6.07) is 14.0. The number of aryl methyl sites for hydroxylation is 2. The van der Waals surface area contributed by atoms with Crippen LogP contribution >= 0.6 is 0 Å². The van der Waals surface area contributed by atoms with Crippen molar-refractivity contribution in [2.24, 2.45) is 0 Å². The number of hydrogen-bond donors (Lipinski definition) is 0. The Kier molecular flexibility index (Phi) is 7.24. The Hall–Kier alpha value is -3.61. The third kappa shape index (κ3) is 5.09. The highest BCUT2D eigenvalue weighted by atomic mass is 16.5. The normalized spacial score (nSPS) is 13.7. The Morgan fingerprint density at radius 1 is 0.943 bits per heavy atom. The molecular formula is C28H34N4O3. The molecule has 0 spiro atoms. The Morgan fingerprint density at radius 3 is 2.29 bits per heavy atom. The van der Waals surface area contributed by atoms with Crippen LogP contribution in [0.15, 0.2) is 42.5 Å². The fraction of sp³-hybridized carbons (Fsp3) is 0.393. The fourth-order valence-electron chi connectivity index (χ4n) is 4.77. The highest BCUT2D eigenvalue weighted by Gasteiger charge is 2.23. The molecule has 1 amide bonds. The molecule has 184 valence electrons. The lowest BCUT2D eigenvalue weighted by Gasteiger charge is -2.37. The van der Waals surface area contributed by atoms with E-state index in [0.29, 0.717) is 31.5 Å². The lowest BCUT2D eigenvalue weighted by Crippen LogP contribution is -2.49. The summed E-state index contributed by atoms with van der Waals surface area (Å²) in [5.41, 5.74) is 8.38. The van der Waals surface area contributed by atoms with E-state index < -0.39 is 0 Å². The van der Waals surface area contributed by atoms with Crippen molar-refractivity contribution in [2.75, 3.05) is 38.2 Å². The first-order chi connectivity index (χ1) is 16.8. The van der Waals surface area contributed by atoms with Gasteiger partial charge in [-0.05, 0) is 81.1 Å². The number of methoxy groups -OCH3 is 1. The second-order valence-electron chi connectivity index (χ2n) is 9.18. The molecule has 1 fully saturated rings. The van der Waals surface area contributed by atoms with Crippen LogP contribution in [-0.2, 0) is 16.0 Å². The Bertz CT molecular complexity index is 1220. The van der Waals surface area contributed by atoms with E-state index in [2.05, 4.69) is 42.0 Å². The van der Waals surface area contributed by atoms with Gasteiger partial charge >= 0.3 is 5.97 Å². The number of carbonyl (C=O) groups excluding carboxylic acids is 2. The fourth-order valence-corrected chi connectivity index (χ4v) is 4.77. The first-order valence-electron chi connectivity index (χ1n) is 12.1. The molecule has 1 saturated heterocycles. The van der Waals surface area contributed by atoms with Crippen molar-refractivity contribution in [3.63, 3.8) is 0 Å². The van der Waals surface area contributed by atoms with Crippen molar-refractivity contribution in [3.8, 4) is 5.69 Å². The van der Waals surface area contributed by atoms with Crippen molar-refractivity contribution in [1.29, 1.82) is 0 Å². The topological polar surface area (TPSA) is 67.7 Å². The van der Waals surface area contributed by atoms with Crippen LogP contribution in [0.25, 0.3) is 5.69 Å². The van der Waals surface area contributed by atoms with Crippen LogP contribution in [0.1, 0.15) is 44.9 Å². The summed E-state index contributed by atoms with van der Waals surface area (Å²) in [5, 5.41) is 4.66. The second kappa shape index (κ2) is 10.3. The van der Waals surface area contributed by atoms with Crippen molar-refractivity contribution in [3.05, 3.63) is 76.1 Å². The zero-order valence-electron chi connectivity index (χ0n) is 21.3. The van der Waals surface area contributed by atoms with Crippen molar-refractivity contribution in [2.45, 2.75) is 40.5 Å². The van der Waals surface area contributed by atoms with E-state index >= 15 is 0 Å². The SMILES string of the molecule is COC(=O)CCc1c(C)nn(-c2ccc(C(=O)N3CCN(c4cccc(C)c4C)CC3)cc2)c1C. The van der Waals surface area contributed by atoms with Crippen LogP contribution in [0, 0.1) is 27.7 Å². The molecule has 0 atom stereocenters. The van der Waals surface area contributed by atoms with Crippen LogP contribution in [0.5, 0.6) is 0 Å². The maximum atomic E-state index is 13.2. The van der Waals surface area contributed by atoms with Crippen molar-refractivity contribution in [1.82, 2.24) is 14.7 Å². The summed E-state index contributed by atoms with van der Waals surface area (Å²) < 4.78 is 6.64. The Balaban J connectivity index is 1.42. The molecule has 0 bridgehead atoms. The number of benzene rings is 2. The molecule has 0 unspecified atom stereocenters. The monoisotopic (exact) mass is 474 g/mol. The number of hydrogen-bond acceptors (Lipinski definition) is 5. The van der Waals surface area contributed by atoms with Gasteiger partial charge in [0.25, 0.3) is 5.91 Å². The Morgan fingerprint density at radius 2 is 1.63 bits per heavy atom. The average Bonchev–Trinajstić information content (AvgIpc) is 3.16.